The quantitative estimate of drug-likeness (QED) is 0.942. The molecule has 0 aliphatic rings. The second kappa shape index (κ2) is 4.93. The number of anilines is 1. The molecule has 0 aliphatic carbocycles. The fourth-order valence-corrected chi connectivity index (χ4v) is 2.15. The highest BCUT2D eigenvalue weighted by Gasteiger charge is 2.01. The number of rotatable bonds is 3. The molecule has 2 aromatic heterocycles. The lowest BCUT2D eigenvalue weighted by Crippen LogP contribution is -2.02. The zero-order valence-electron chi connectivity index (χ0n) is 9.12. The molecule has 0 fully saturated rings. The molecule has 0 saturated carbocycles. The van der Waals surface area contributed by atoms with E-state index >= 15 is 0 Å². The number of nitrogens with one attached hydrogen (secondary N) is 1. The van der Waals surface area contributed by atoms with Crippen LogP contribution in [0.3, 0.4) is 0 Å². The van der Waals surface area contributed by atoms with Crippen molar-refractivity contribution in [3.8, 4) is 0 Å². The molecule has 0 aromatic carbocycles. The van der Waals surface area contributed by atoms with Gasteiger partial charge in [0.25, 0.3) is 0 Å². The number of nitrogens with zero attached hydrogens (tertiary/aromatic N) is 2. The molecule has 0 unspecified atom stereocenters. The van der Waals surface area contributed by atoms with Gasteiger partial charge in [-0.05, 0) is 41.9 Å². The fraction of sp³-hybridized carbons (Fsp3) is 0.273. The van der Waals surface area contributed by atoms with Gasteiger partial charge < -0.3 is 5.32 Å². The molecule has 84 valence electrons. The highest BCUT2D eigenvalue weighted by Crippen LogP contribution is 2.17. The van der Waals surface area contributed by atoms with E-state index in [0.717, 1.165) is 33.2 Å². The lowest BCUT2D eigenvalue weighted by molar-refractivity contribution is 1.03. The predicted octanol–water partition coefficient (Wildman–Crippen LogP) is 3.53. The first kappa shape index (κ1) is 11.5. The van der Waals surface area contributed by atoms with Gasteiger partial charge in [-0.25, -0.2) is 9.97 Å². The molecule has 1 N–H and O–H groups in total. The van der Waals surface area contributed by atoms with E-state index in [4.69, 9.17) is 0 Å². The van der Waals surface area contributed by atoms with E-state index < -0.39 is 0 Å². The van der Waals surface area contributed by atoms with Crippen molar-refractivity contribution in [3.05, 3.63) is 38.4 Å². The van der Waals surface area contributed by atoms with Crippen LogP contribution in [0.4, 0.5) is 5.82 Å². The van der Waals surface area contributed by atoms with Gasteiger partial charge in [0.05, 0.1) is 22.9 Å². The van der Waals surface area contributed by atoms with Gasteiger partial charge in [0.1, 0.15) is 5.82 Å². The van der Waals surface area contributed by atoms with Gasteiger partial charge in [-0.3, -0.25) is 0 Å². The average molecular weight is 298 g/mol. The molecular weight excluding hydrogens is 286 g/mol. The van der Waals surface area contributed by atoms with Crippen molar-refractivity contribution >= 4 is 33.1 Å². The van der Waals surface area contributed by atoms with Gasteiger partial charge in [-0.15, -0.1) is 11.3 Å². The number of aromatic nitrogens is 2. The van der Waals surface area contributed by atoms with Crippen molar-refractivity contribution < 1.29 is 0 Å². The topological polar surface area (TPSA) is 37.8 Å². The average Bonchev–Trinajstić information content (AvgIpc) is 2.66. The molecule has 2 aromatic rings. The normalized spacial score (nSPS) is 10.4. The second-order valence-electron chi connectivity index (χ2n) is 3.48. The summed E-state index contributed by atoms with van der Waals surface area (Å²) in [4.78, 5) is 8.80. The molecular formula is C11H12BrN3S. The fourth-order valence-electron chi connectivity index (χ4n) is 1.31. The van der Waals surface area contributed by atoms with Crippen LogP contribution in [0.1, 0.15) is 16.4 Å². The minimum Gasteiger partial charge on any atom is -0.364 e. The number of thiazole rings is 1. The van der Waals surface area contributed by atoms with Crippen LogP contribution in [0.15, 0.2) is 22.0 Å². The van der Waals surface area contributed by atoms with Crippen LogP contribution in [0.25, 0.3) is 0 Å². The number of hydrogen-bond donors (Lipinski definition) is 1. The Labute approximate surface area is 107 Å². The molecule has 0 aliphatic heterocycles. The molecule has 2 rings (SSSR count). The van der Waals surface area contributed by atoms with Crippen LogP contribution >= 0.6 is 27.3 Å². The van der Waals surface area contributed by atoms with Crippen LogP contribution in [0, 0.1) is 13.8 Å². The van der Waals surface area contributed by atoms with Gasteiger partial charge in [0.15, 0.2) is 0 Å². The monoisotopic (exact) mass is 297 g/mol. The van der Waals surface area contributed by atoms with Crippen molar-refractivity contribution in [2.45, 2.75) is 20.4 Å². The SMILES string of the molecule is Cc1nc(CNc2ccc(Br)c(C)n2)cs1. The Kier molecular flexibility index (Phi) is 3.56. The first-order chi connectivity index (χ1) is 7.65. The minimum absolute atomic E-state index is 0.721. The Morgan fingerprint density at radius 1 is 1.31 bits per heavy atom. The van der Waals surface area contributed by atoms with Crippen LogP contribution in [-0.2, 0) is 6.54 Å². The van der Waals surface area contributed by atoms with Crippen LogP contribution in [0.5, 0.6) is 0 Å². The van der Waals surface area contributed by atoms with Crippen molar-refractivity contribution in [1.82, 2.24) is 9.97 Å². The third kappa shape index (κ3) is 2.80. The van der Waals surface area contributed by atoms with Crippen molar-refractivity contribution in [1.29, 1.82) is 0 Å². The van der Waals surface area contributed by atoms with E-state index in [9.17, 15) is 0 Å². The van der Waals surface area contributed by atoms with E-state index in [-0.39, 0.29) is 0 Å². The zero-order chi connectivity index (χ0) is 11.5. The van der Waals surface area contributed by atoms with Gasteiger partial charge >= 0.3 is 0 Å². The van der Waals surface area contributed by atoms with Gasteiger partial charge in [-0.1, -0.05) is 0 Å². The third-order valence-electron chi connectivity index (χ3n) is 2.14. The summed E-state index contributed by atoms with van der Waals surface area (Å²) in [6.07, 6.45) is 0. The molecule has 5 heteroatoms. The first-order valence-corrected chi connectivity index (χ1v) is 6.60. The van der Waals surface area contributed by atoms with E-state index in [1.807, 2.05) is 26.0 Å². The molecule has 0 spiro atoms. The Hall–Kier alpha value is -0.940. The molecule has 3 nitrogen and oxygen atoms in total. The molecule has 16 heavy (non-hydrogen) atoms. The van der Waals surface area contributed by atoms with Gasteiger partial charge in [0, 0.05) is 9.85 Å². The summed E-state index contributed by atoms with van der Waals surface area (Å²) in [7, 11) is 0. The highest BCUT2D eigenvalue weighted by atomic mass is 79.9. The zero-order valence-corrected chi connectivity index (χ0v) is 11.5. The summed E-state index contributed by atoms with van der Waals surface area (Å²) in [5, 5.41) is 6.41. The molecule has 0 radical (unpaired) electrons. The van der Waals surface area contributed by atoms with Crippen LogP contribution in [0.2, 0.25) is 0 Å². The second-order valence-corrected chi connectivity index (χ2v) is 5.39. The maximum absolute atomic E-state index is 4.41. The van der Waals surface area contributed by atoms with Crippen LogP contribution in [-0.4, -0.2) is 9.97 Å². The van der Waals surface area contributed by atoms with Crippen LogP contribution < -0.4 is 5.32 Å². The summed E-state index contributed by atoms with van der Waals surface area (Å²) in [6.45, 7) is 4.71. The maximum atomic E-state index is 4.41. The molecule has 0 atom stereocenters. The molecule has 0 amide bonds. The number of pyridine rings is 1. The minimum atomic E-state index is 0.721. The van der Waals surface area contributed by atoms with E-state index in [1.54, 1.807) is 11.3 Å². The molecule has 2 heterocycles. The smallest absolute Gasteiger partial charge is 0.126 e. The summed E-state index contributed by atoms with van der Waals surface area (Å²) in [5.41, 5.74) is 2.05. The molecule has 0 bridgehead atoms. The van der Waals surface area contributed by atoms with Gasteiger partial charge in [0.2, 0.25) is 0 Å². The summed E-state index contributed by atoms with van der Waals surface area (Å²) in [5.74, 6) is 0.881. The number of hydrogen-bond acceptors (Lipinski definition) is 4. The summed E-state index contributed by atoms with van der Waals surface area (Å²) < 4.78 is 1.03. The third-order valence-corrected chi connectivity index (χ3v) is 3.80. The van der Waals surface area contributed by atoms with Crippen molar-refractivity contribution in [2.75, 3.05) is 5.32 Å². The lowest BCUT2D eigenvalue weighted by atomic mass is 10.3. The lowest BCUT2D eigenvalue weighted by Gasteiger charge is -2.05. The molecule has 0 saturated heterocycles. The Morgan fingerprint density at radius 3 is 2.75 bits per heavy atom. The van der Waals surface area contributed by atoms with E-state index in [0.29, 0.717) is 0 Å². The number of aryl methyl sites for hydroxylation is 2. The predicted molar refractivity (Wildman–Crippen MR) is 70.9 cm³/mol. The van der Waals surface area contributed by atoms with Gasteiger partial charge in [-0.2, -0.15) is 0 Å². The van der Waals surface area contributed by atoms with Crippen molar-refractivity contribution in [3.63, 3.8) is 0 Å². The Morgan fingerprint density at radius 2 is 2.12 bits per heavy atom. The summed E-state index contributed by atoms with van der Waals surface area (Å²) >= 11 is 5.09. The van der Waals surface area contributed by atoms with Crippen molar-refractivity contribution in [2.24, 2.45) is 0 Å². The highest BCUT2D eigenvalue weighted by molar-refractivity contribution is 9.10. The Balaban J connectivity index is 2.02. The standard InChI is InChI=1S/C11H12BrN3S/c1-7-10(12)3-4-11(14-7)13-5-9-6-16-8(2)15-9/h3-4,6H,5H2,1-2H3,(H,13,14). The Bertz CT molecular complexity index is 496. The summed E-state index contributed by atoms with van der Waals surface area (Å²) in [6, 6.07) is 3.95. The number of halogens is 1. The largest absolute Gasteiger partial charge is 0.364 e. The van der Waals surface area contributed by atoms with E-state index in [1.165, 1.54) is 0 Å². The van der Waals surface area contributed by atoms with E-state index in [2.05, 4.69) is 36.6 Å². The maximum Gasteiger partial charge on any atom is 0.126 e. The first-order valence-electron chi connectivity index (χ1n) is 4.93.